The Morgan fingerprint density at radius 2 is 1.88 bits per heavy atom. The maximum atomic E-state index is 13.7. The lowest BCUT2D eigenvalue weighted by Gasteiger charge is -2.20. The van der Waals surface area contributed by atoms with Crippen LogP contribution in [-0.2, 0) is 15.4 Å². The van der Waals surface area contributed by atoms with Crippen LogP contribution in [0.3, 0.4) is 0 Å². The molecule has 1 N–H and O–H groups in total. The van der Waals surface area contributed by atoms with Gasteiger partial charge in [0.15, 0.2) is 0 Å². The summed E-state index contributed by atoms with van der Waals surface area (Å²) < 4.78 is 41.0. The quantitative estimate of drug-likeness (QED) is 0.926. The first-order valence-electron chi connectivity index (χ1n) is 7.50. The normalized spacial score (nSPS) is 17.8. The molecule has 7 heteroatoms. The van der Waals surface area contributed by atoms with Gasteiger partial charge in [0, 0.05) is 12.0 Å². The number of carboxylic acids is 1. The van der Waals surface area contributed by atoms with Crippen molar-refractivity contribution in [2.24, 2.45) is 0 Å². The van der Waals surface area contributed by atoms with E-state index < -0.39 is 21.8 Å². The fourth-order valence-electron chi connectivity index (χ4n) is 3.34. The molecule has 1 saturated carbocycles. The van der Waals surface area contributed by atoms with Crippen LogP contribution in [0.1, 0.15) is 28.8 Å². The Bertz CT molecular complexity index is 966. The second-order valence-corrected chi connectivity index (χ2v) is 8.15. The Hall–Kier alpha value is -2.41. The lowest BCUT2D eigenvalue weighted by atomic mass is 9.99. The van der Waals surface area contributed by atoms with Crippen LogP contribution in [0.2, 0.25) is 0 Å². The number of nitrogens with zero attached hydrogens (tertiary/aromatic N) is 1. The molecule has 0 aromatic heterocycles. The fourth-order valence-corrected chi connectivity index (χ4v) is 4.97. The molecular formula is C17H14FNO4S. The Balaban J connectivity index is 1.84. The molecule has 1 fully saturated rings. The maximum Gasteiger partial charge on any atom is 0.335 e. The van der Waals surface area contributed by atoms with Crippen LogP contribution in [0, 0.1) is 5.82 Å². The van der Waals surface area contributed by atoms with Crippen molar-refractivity contribution in [2.45, 2.75) is 23.2 Å². The molecule has 0 saturated heterocycles. The summed E-state index contributed by atoms with van der Waals surface area (Å²) in [6.07, 6.45) is 1.83. The van der Waals surface area contributed by atoms with Gasteiger partial charge in [0.2, 0.25) is 0 Å². The van der Waals surface area contributed by atoms with Crippen LogP contribution in [0.25, 0.3) is 0 Å². The Kier molecular flexibility index (Phi) is 3.02. The van der Waals surface area contributed by atoms with Gasteiger partial charge < -0.3 is 5.11 Å². The zero-order valence-corrected chi connectivity index (χ0v) is 13.4. The molecule has 0 radical (unpaired) electrons. The molecule has 1 spiro atoms. The van der Waals surface area contributed by atoms with E-state index >= 15 is 0 Å². The number of rotatable bonds is 3. The van der Waals surface area contributed by atoms with Crippen LogP contribution in [0.15, 0.2) is 47.4 Å². The highest BCUT2D eigenvalue weighted by molar-refractivity contribution is 7.92. The monoisotopic (exact) mass is 347 g/mol. The summed E-state index contributed by atoms with van der Waals surface area (Å²) in [6.45, 7) is 0.313. The third-order valence-electron chi connectivity index (χ3n) is 4.75. The highest BCUT2D eigenvalue weighted by Gasteiger charge is 2.54. The van der Waals surface area contributed by atoms with Gasteiger partial charge in [-0.3, -0.25) is 4.31 Å². The topological polar surface area (TPSA) is 74.7 Å². The molecule has 2 aliphatic rings. The van der Waals surface area contributed by atoms with Gasteiger partial charge in [-0.2, -0.15) is 0 Å². The fraction of sp³-hybridized carbons (Fsp3) is 0.235. The number of hydrogen-bond donors (Lipinski definition) is 1. The van der Waals surface area contributed by atoms with E-state index in [0.29, 0.717) is 12.2 Å². The number of halogens is 1. The van der Waals surface area contributed by atoms with Gasteiger partial charge in [-0.05, 0) is 42.7 Å². The van der Waals surface area contributed by atoms with Crippen LogP contribution in [0.4, 0.5) is 10.1 Å². The second kappa shape index (κ2) is 4.80. The molecule has 1 aliphatic heterocycles. The lowest BCUT2D eigenvalue weighted by molar-refractivity contribution is 0.0696. The molecule has 1 heterocycles. The summed E-state index contributed by atoms with van der Waals surface area (Å²) >= 11 is 0. The third kappa shape index (κ3) is 2.11. The van der Waals surface area contributed by atoms with E-state index in [1.54, 1.807) is 12.1 Å². The number of hydrogen-bond acceptors (Lipinski definition) is 3. The molecule has 0 bridgehead atoms. The lowest BCUT2D eigenvalue weighted by Crippen LogP contribution is -2.31. The molecule has 0 unspecified atom stereocenters. The Morgan fingerprint density at radius 3 is 2.54 bits per heavy atom. The number of carbonyl (C=O) groups is 1. The largest absolute Gasteiger partial charge is 0.478 e. The van der Waals surface area contributed by atoms with E-state index in [1.807, 2.05) is 12.1 Å². The molecule has 24 heavy (non-hydrogen) atoms. The van der Waals surface area contributed by atoms with Crippen molar-refractivity contribution in [3.05, 3.63) is 59.4 Å². The van der Waals surface area contributed by atoms with Crippen LogP contribution < -0.4 is 4.31 Å². The summed E-state index contributed by atoms with van der Waals surface area (Å²) in [7, 11) is -4.03. The number of carboxylic acid groups (broad SMARTS) is 1. The Labute approximate surface area is 138 Å². The molecule has 4 rings (SSSR count). The van der Waals surface area contributed by atoms with Crippen molar-refractivity contribution in [1.82, 2.24) is 0 Å². The molecule has 124 valence electrons. The van der Waals surface area contributed by atoms with Gasteiger partial charge in [-0.15, -0.1) is 0 Å². The van der Waals surface area contributed by atoms with E-state index in [1.165, 1.54) is 4.31 Å². The Morgan fingerprint density at radius 1 is 1.17 bits per heavy atom. The first-order chi connectivity index (χ1) is 11.3. The number of aromatic carboxylic acids is 1. The van der Waals surface area contributed by atoms with Crippen molar-refractivity contribution in [3.8, 4) is 0 Å². The standard InChI is InChI=1S/C17H14FNO4S/c18-12-7-11(16(20)21)8-13(9-12)24(22,23)19-10-17(5-6-17)14-3-1-2-4-15(14)19/h1-4,7-9H,5-6,10H2,(H,20,21). The van der Waals surface area contributed by atoms with E-state index in [2.05, 4.69) is 0 Å². The zero-order chi connectivity index (χ0) is 17.1. The molecule has 0 atom stereocenters. The summed E-state index contributed by atoms with van der Waals surface area (Å²) in [6, 6.07) is 9.96. The predicted octanol–water partition coefficient (Wildman–Crippen LogP) is 2.76. The summed E-state index contributed by atoms with van der Waals surface area (Å²) in [4.78, 5) is 10.7. The molecule has 0 amide bonds. The molecule has 1 aliphatic carbocycles. The van der Waals surface area contributed by atoms with E-state index in [0.717, 1.165) is 36.6 Å². The van der Waals surface area contributed by atoms with Crippen LogP contribution >= 0.6 is 0 Å². The molecule has 2 aromatic rings. The van der Waals surface area contributed by atoms with Crippen molar-refractivity contribution >= 4 is 21.7 Å². The van der Waals surface area contributed by atoms with Crippen LogP contribution in [0.5, 0.6) is 0 Å². The smallest absolute Gasteiger partial charge is 0.335 e. The third-order valence-corrected chi connectivity index (χ3v) is 6.49. The van der Waals surface area contributed by atoms with Crippen molar-refractivity contribution in [1.29, 1.82) is 0 Å². The summed E-state index contributed by atoms with van der Waals surface area (Å²) in [5.41, 5.74) is 1.05. The van der Waals surface area contributed by atoms with Crippen molar-refractivity contribution < 1.29 is 22.7 Å². The average molecular weight is 347 g/mol. The number of benzene rings is 2. The van der Waals surface area contributed by atoms with Gasteiger partial charge in [0.1, 0.15) is 5.82 Å². The minimum atomic E-state index is -4.03. The first kappa shape index (κ1) is 15.1. The van der Waals surface area contributed by atoms with E-state index in [4.69, 9.17) is 5.11 Å². The summed E-state index contributed by atoms with van der Waals surface area (Å²) in [5, 5.41) is 9.04. The number of anilines is 1. The number of para-hydroxylation sites is 1. The van der Waals surface area contributed by atoms with Gasteiger partial charge in [-0.1, -0.05) is 18.2 Å². The average Bonchev–Trinajstić information content (AvgIpc) is 3.24. The predicted molar refractivity (Wildman–Crippen MR) is 85.2 cm³/mol. The minimum absolute atomic E-state index is 0.146. The van der Waals surface area contributed by atoms with E-state index in [-0.39, 0.29) is 15.9 Å². The number of sulfonamides is 1. The SMILES string of the molecule is O=C(O)c1cc(F)cc(S(=O)(=O)N2CC3(CC3)c3ccccc32)c1. The second-order valence-electron chi connectivity index (χ2n) is 6.29. The molecule has 2 aromatic carbocycles. The van der Waals surface area contributed by atoms with E-state index in [9.17, 15) is 17.6 Å². The van der Waals surface area contributed by atoms with Gasteiger partial charge in [0.05, 0.1) is 16.1 Å². The van der Waals surface area contributed by atoms with Crippen LogP contribution in [-0.4, -0.2) is 26.0 Å². The number of fused-ring (bicyclic) bond motifs is 2. The highest BCUT2D eigenvalue weighted by Crippen LogP contribution is 2.57. The molecular weight excluding hydrogens is 333 g/mol. The molecule has 5 nitrogen and oxygen atoms in total. The minimum Gasteiger partial charge on any atom is -0.478 e. The van der Waals surface area contributed by atoms with Gasteiger partial charge >= 0.3 is 5.97 Å². The van der Waals surface area contributed by atoms with Gasteiger partial charge in [0.25, 0.3) is 10.0 Å². The zero-order valence-electron chi connectivity index (χ0n) is 12.6. The first-order valence-corrected chi connectivity index (χ1v) is 8.94. The maximum absolute atomic E-state index is 13.7. The van der Waals surface area contributed by atoms with Crippen molar-refractivity contribution in [3.63, 3.8) is 0 Å². The summed E-state index contributed by atoms with van der Waals surface area (Å²) in [5.74, 6) is -2.26. The van der Waals surface area contributed by atoms with Gasteiger partial charge in [-0.25, -0.2) is 17.6 Å². The highest BCUT2D eigenvalue weighted by atomic mass is 32.2. The van der Waals surface area contributed by atoms with Crippen molar-refractivity contribution in [2.75, 3.05) is 10.8 Å².